The summed E-state index contributed by atoms with van der Waals surface area (Å²) in [5, 5.41) is 17.8. The summed E-state index contributed by atoms with van der Waals surface area (Å²) in [5.74, 6) is 1.51. The molecule has 4 rings (SSSR count). The molecule has 1 fully saturated rings. The highest BCUT2D eigenvalue weighted by Crippen LogP contribution is 2.24. The van der Waals surface area contributed by atoms with Gasteiger partial charge in [-0.1, -0.05) is 74.5 Å². The summed E-state index contributed by atoms with van der Waals surface area (Å²) in [6.07, 6.45) is 6.34. The van der Waals surface area contributed by atoms with E-state index in [0.717, 1.165) is 34.2 Å². The molecule has 0 spiro atoms. The van der Waals surface area contributed by atoms with Crippen molar-refractivity contribution in [2.24, 2.45) is 5.92 Å². The van der Waals surface area contributed by atoms with Crippen LogP contribution in [0, 0.1) is 18.3 Å². The number of carbonyl (C=O) groups is 2. The Hall–Kier alpha value is -3.75. The number of hydrazine groups is 1. The molecular formula is C34H42N4O5S. The third-order valence-electron chi connectivity index (χ3n) is 7.51. The van der Waals surface area contributed by atoms with Crippen LogP contribution in [0.4, 0.5) is 0 Å². The van der Waals surface area contributed by atoms with Crippen molar-refractivity contribution in [3.05, 3.63) is 78.4 Å². The van der Waals surface area contributed by atoms with E-state index < -0.39 is 34.0 Å². The van der Waals surface area contributed by atoms with Crippen LogP contribution in [-0.4, -0.2) is 72.5 Å². The number of aliphatic hydroxyl groups is 1. The number of nitrogens with zero attached hydrogens (tertiary/aromatic N) is 2. The van der Waals surface area contributed by atoms with Crippen molar-refractivity contribution < 1.29 is 23.1 Å². The lowest BCUT2D eigenvalue weighted by molar-refractivity contribution is -0.147. The topological polar surface area (TPSA) is 119 Å². The molecule has 9 nitrogen and oxygen atoms in total. The Kier molecular flexibility index (Phi) is 11.5. The molecule has 0 saturated heterocycles. The zero-order valence-electron chi connectivity index (χ0n) is 25.4. The first-order chi connectivity index (χ1) is 21.1. The van der Waals surface area contributed by atoms with Gasteiger partial charge in [-0.05, 0) is 53.6 Å². The van der Waals surface area contributed by atoms with Gasteiger partial charge in [0.1, 0.15) is 0 Å². The van der Waals surface area contributed by atoms with Crippen molar-refractivity contribution in [1.82, 2.24) is 20.1 Å². The molecule has 2 atom stereocenters. The molecule has 2 amide bonds. The molecule has 0 unspecified atom stereocenters. The van der Waals surface area contributed by atoms with Crippen molar-refractivity contribution in [1.29, 1.82) is 0 Å². The van der Waals surface area contributed by atoms with Gasteiger partial charge in [0.05, 0.1) is 23.6 Å². The summed E-state index contributed by atoms with van der Waals surface area (Å²) in [4.78, 5) is 26.6. The molecular weight excluding hydrogens is 576 g/mol. The molecule has 0 bridgehead atoms. The van der Waals surface area contributed by atoms with Gasteiger partial charge in [0, 0.05) is 32.0 Å². The van der Waals surface area contributed by atoms with E-state index in [4.69, 9.17) is 6.42 Å². The minimum atomic E-state index is -4.04. The minimum Gasteiger partial charge on any atom is -0.390 e. The molecule has 234 valence electrons. The first-order valence-electron chi connectivity index (χ1n) is 15.1. The van der Waals surface area contributed by atoms with Gasteiger partial charge in [0.25, 0.3) is 5.91 Å². The largest absolute Gasteiger partial charge is 0.390 e. The van der Waals surface area contributed by atoms with Crippen LogP contribution in [0.15, 0.2) is 77.7 Å². The van der Waals surface area contributed by atoms with Gasteiger partial charge < -0.3 is 10.4 Å². The summed E-state index contributed by atoms with van der Waals surface area (Å²) in [6.45, 7) is 3.67. The third-order valence-corrected chi connectivity index (χ3v) is 9.33. The first kappa shape index (κ1) is 33.1. The summed E-state index contributed by atoms with van der Waals surface area (Å²) >= 11 is 0. The number of fused-ring (bicyclic) bond motifs is 1. The molecule has 0 aliphatic heterocycles. The molecule has 0 radical (unpaired) electrons. The highest BCUT2D eigenvalue weighted by Gasteiger charge is 2.36. The van der Waals surface area contributed by atoms with E-state index in [-0.39, 0.29) is 55.8 Å². The van der Waals surface area contributed by atoms with E-state index >= 15 is 0 Å². The predicted octanol–water partition coefficient (Wildman–Crippen LogP) is 3.48. The maximum atomic E-state index is 14.0. The smallest absolute Gasteiger partial charge is 0.252 e. The van der Waals surface area contributed by atoms with E-state index in [1.54, 1.807) is 18.2 Å². The Morgan fingerprint density at radius 1 is 1.00 bits per heavy atom. The van der Waals surface area contributed by atoms with Gasteiger partial charge in [-0.2, -0.15) is 4.31 Å². The van der Waals surface area contributed by atoms with E-state index in [2.05, 4.69) is 16.7 Å². The Morgan fingerprint density at radius 3 is 2.34 bits per heavy atom. The molecule has 44 heavy (non-hydrogen) atoms. The fourth-order valence-corrected chi connectivity index (χ4v) is 6.73. The molecule has 3 aromatic rings. The number of amides is 2. The highest BCUT2D eigenvalue weighted by atomic mass is 32.2. The SMILES string of the molecule is C#CCCC(=O)N(NC(=O)CNC1CC1)[C@@H](Cc1ccccc1)[C@H](O)CN(CC(C)C)S(=O)(=O)c1ccc2ccccc2c1. The van der Waals surface area contributed by atoms with Gasteiger partial charge in [0.15, 0.2) is 0 Å². The zero-order valence-corrected chi connectivity index (χ0v) is 26.2. The van der Waals surface area contributed by atoms with Crippen molar-refractivity contribution in [2.75, 3.05) is 19.6 Å². The maximum Gasteiger partial charge on any atom is 0.252 e. The minimum absolute atomic E-state index is 0.00750. The second-order valence-corrected chi connectivity index (χ2v) is 13.6. The molecule has 3 N–H and O–H groups in total. The van der Waals surface area contributed by atoms with Gasteiger partial charge >= 0.3 is 0 Å². The molecule has 10 heteroatoms. The predicted molar refractivity (Wildman–Crippen MR) is 172 cm³/mol. The number of aliphatic hydroxyl groups excluding tert-OH is 1. The first-order valence-corrected chi connectivity index (χ1v) is 16.5. The van der Waals surface area contributed by atoms with Gasteiger partial charge in [-0.25, -0.2) is 13.4 Å². The Morgan fingerprint density at radius 2 is 1.68 bits per heavy atom. The van der Waals surface area contributed by atoms with Crippen LogP contribution in [-0.2, 0) is 26.0 Å². The van der Waals surface area contributed by atoms with Crippen molar-refractivity contribution in [2.45, 2.75) is 69.0 Å². The molecule has 1 saturated carbocycles. The lowest BCUT2D eigenvalue weighted by Crippen LogP contribution is -2.60. The number of rotatable bonds is 15. The van der Waals surface area contributed by atoms with Crippen LogP contribution >= 0.6 is 0 Å². The Bertz CT molecular complexity index is 1570. The fraction of sp³-hybridized carbons (Fsp3) is 0.412. The van der Waals surface area contributed by atoms with E-state index in [9.17, 15) is 23.1 Å². The monoisotopic (exact) mass is 618 g/mol. The number of benzene rings is 3. The molecule has 3 aromatic carbocycles. The molecule has 0 heterocycles. The van der Waals surface area contributed by atoms with Crippen LogP contribution in [0.1, 0.15) is 45.1 Å². The Balaban J connectivity index is 1.66. The fourth-order valence-electron chi connectivity index (χ4n) is 5.07. The standard InChI is InChI=1S/C34H42N4O5S/c1-4-5-15-34(41)38(36-33(40)22-35-29-17-18-29)31(20-26-11-7-6-8-12-26)32(39)24-37(23-25(2)3)44(42,43)30-19-16-27-13-9-10-14-28(27)21-30/h1,6-14,16,19,21,25,29,31-32,35,39H,5,15,17-18,20,22-24H2,2-3H3,(H,36,40)/t31-,32+/m0/s1. The second kappa shape index (κ2) is 15.3. The Labute approximate surface area is 260 Å². The second-order valence-electron chi connectivity index (χ2n) is 11.7. The summed E-state index contributed by atoms with van der Waals surface area (Å²) in [6, 6.07) is 21.0. The summed E-state index contributed by atoms with van der Waals surface area (Å²) < 4.78 is 29.3. The number of sulfonamides is 1. The lowest BCUT2D eigenvalue weighted by atomic mass is 9.99. The van der Waals surface area contributed by atoms with E-state index in [1.165, 1.54) is 4.31 Å². The van der Waals surface area contributed by atoms with Crippen LogP contribution in [0.2, 0.25) is 0 Å². The third kappa shape index (κ3) is 9.13. The number of hydrogen-bond donors (Lipinski definition) is 3. The van der Waals surface area contributed by atoms with Gasteiger partial charge in [0.2, 0.25) is 15.9 Å². The highest BCUT2D eigenvalue weighted by molar-refractivity contribution is 7.89. The zero-order chi connectivity index (χ0) is 31.7. The van der Waals surface area contributed by atoms with Crippen molar-refractivity contribution >= 4 is 32.6 Å². The number of terminal acetylenes is 1. The lowest BCUT2D eigenvalue weighted by Gasteiger charge is -2.37. The number of carbonyl (C=O) groups excluding carboxylic acids is 2. The van der Waals surface area contributed by atoms with Crippen molar-refractivity contribution in [3.63, 3.8) is 0 Å². The molecule has 1 aliphatic rings. The maximum absolute atomic E-state index is 14.0. The van der Waals surface area contributed by atoms with Crippen LogP contribution in [0.25, 0.3) is 10.8 Å². The van der Waals surface area contributed by atoms with Crippen LogP contribution in [0.3, 0.4) is 0 Å². The quantitative estimate of drug-likeness (QED) is 0.177. The van der Waals surface area contributed by atoms with Crippen LogP contribution in [0.5, 0.6) is 0 Å². The summed E-state index contributed by atoms with van der Waals surface area (Å²) in [5.41, 5.74) is 3.51. The number of hydrogen-bond acceptors (Lipinski definition) is 6. The van der Waals surface area contributed by atoms with Crippen LogP contribution < -0.4 is 10.7 Å². The molecule has 1 aliphatic carbocycles. The number of nitrogens with one attached hydrogen (secondary N) is 2. The van der Waals surface area contributed by atoms with E-state index in [0.29, 0.717) is 0 Å². The normalized spacial score (nSPS) is 14.7. The average Bonchev–Trinajstić information content (AvgIpc) is 3.85. The van der Waals surface area contributed by atoms with E-state index in [1.807, 2.05) is 68.4 Å². The van der Waals surface area contributed by atoms with Gasteiger partial charge in [-0.3, -0.25) is 15.0 Å². The molecule has 0 aromatic heterocycles. The van der Waals surface area contributed by atoms with Gasteiger partial charge in [-0.15, -0.1) is 12.3 Å². The average molecular weight is 619 g/mol. The summed E-state index contributed by atoms with van der Waals surface area (Å²) in [7, 11) is -4.04. The van der Waals surface area contributed by atoms with Crippen molar-refractivity contribution in [3.8, 4) is 12.3 Å².